The molecule has 114 valence electrons. The van der Waals surface area contributed by atoms with Crippen LogP contribution in [-0.2, 0) is 6.42 Å². The Morgan fingerprint density at radius 1 is 1.32 bits per heavy atom. The van der Waals surface area contributed by atoms with E-state index in [4.69, 9.17) is 0 Å². The van der Waals surface area contributed by atoms with Gasteiger partial charge in [-0.25, -0.2) is 0 Å². The molecular weight excluding hydrogens is 274 g/mol. The first-order valence-electron chi connectivity index (χ1n) is 7.80. The van der Waals surface area contributed by atoms with Crippen LogP contribution in [0.15, 0.2) is 48.8 Å². The quantitative estimate of drug-likeness (QED) is 0.946. The smallest absolute Gasteiger partial charge is 0.254 e. The molecule has 0 saturated carbocycles. The van der Waals surface area contributed by atoms with E-state index in [1.807, 2.05) is 47.5 Å². The van der Waals surface area contributed by atoms with Crippen LogP contribution in [0.2, 0.25) is 0 Å². The minimum Gasteiger partial charge on any atom is -0.329 e. The number of carbonyl (C=O) groups is 1. The van der Waals surface area contributed by atoms with Crippen molar-refractivity contribution in [2.75, 3.05) is 19.6 Å². The molecule has 1 aliphatic rings. The summed E-state index contributed by atoms with van der Waals surface area (Å²) in [7, 11) is 0. The van der Waals surface area contributed by atoms with Gasteiger partial charge in [0, 0.05) is 37.6 Å². The molecule has 0 aliphatic carbocycles. The van der Waals surface area contributed by atoms with Gasteiger partial charge in [-0.2, -0.15) is 0 Å². The molecule has 22 heavy (non-hydrogen) atoms. The Hall–Kier alpha value is -2.20. The van der Waals surface area contributed by atoms with Crippen LogP contribution in [0.3, 0.4) is 0 Å². The van der Waals surface area contributed by atoms with Gasteiger partial charge in [0.1, 0.15) is 0 Å². The highest BCUT2D eigenvalue weighted by molar-refractivity contribution is 5.94. The zero-order valence-electron chi connectivity index (χ0n) is 12.8. The minimum absolute atomic E-state index is 0.0424. The maximum atomic E-state index is 12.9. The monoisotopic (exact) mass is 295 g/mol. The molecule has 1 aromatic heterocycles. The van der Waals surface area contributed by atoms with E-state index >= 15 is 0 Å². The molecule has 4 heteroatoms. The number of benzene rings is 1. The number of pyridine rings is 1. The van der Waals surface area contributed by atoms with E-state index in [1.54, 1.807) is 6.20 Å². The molecule has 0 spiro atoms. The van der Waals surface area contributed by atoms with Gasteiger partial charge in [-0.15, -0.1) is 0 Å². The lowest BCUT2D eigenvalue weighted by atomic mass is 10.0. The lowest BCUT2D eigenvalue weighted by molar-refractivity contribution is 0.0634. The third-order valence-electron chi connectivity index (χ3n) is 4.18. The van der Waals surface area contributed by atoms with Crippen molar-refractivity contribution in [1.82, 2.24) is 15.2 Å². The number of carbonyl (C=O) groups excluding carboxylic acids is 1. The highest BCUT2D eigenvalue weighted by Crippen LogP contribution is 2.23. The molecule has 1 unspecified atom stereocenters. The topological polar surface area (TPSA) is 45.2 Å². The number of hydrogen-bond acceptors (Lipinski definition) is 3. The standard InChI is InChI=1S/C18H21N3O/c1-2-14-5-7-15(8-6-14)18(22)21-11-10-20-13-17(21)16-4-3-9-19-12-16/h3-9,12,17,20H,2,10-11,13H2,1H3. The molecule has 0 radical (unpaired) electrons. The Bertz CT molecular complexity index is 625. The first-order valence-corrected chi connectivity index (χ1v) is 7.80. The molecule has 1 fully saturated rings. The Morgan fingerprint density at radius 2 is 2.14 bits per heavy atom. The maximum Gasteiger partial charge on any atom is 0.254 e. The summed E-state index contributed by atoms with van der Waals surface area (Å²) in [6.45, 7) is 4.43. The van der Waals surface area contributed by atoms with E-state index in [2.05, 4.69) is 17.2 Å². The van der Waals surface area contributed by atoms with Gasteiger partial charge in [0.05, 0.1) is 6.04 Å². The number of nitrogens with zero attached hydrogens (tertiary/aromatic N) is 2. The largest absolute Gasteiger partial charge is 0.329 e. The molecular formula is C18H21N3O. The molecule has 1 atom stereocenters. The minimum atomic E-state index is 0.0424. The van der Waals surface area contributed by atoms with Gasteiger partial charge in [0.2, 0.25) is 0 Å². The fourth-order valence-corrected chi connectivity index (χ4v) is 2.87. The van der Waals surface area contributed by atoms with E-state index in [9.17, 15) is 4.79 Å². The summed E-state index contributed by atoms with van der Waals surface area (Å²) >= 11 is 0. The number of nitrogens with one attached hydrogen (secondary N) is 1. The van der Waals surface area contributed by atoms with Crippen LogP contribution in [0.5, 0.6) is 0 Å². The van der Waals surface area contributed by atoms with Crippen molar-refractivity contribution in [3.05, 3.63) is 65.5 Å². The Morgan fingerprint density at radius 3 is 2.82 bits per heavy atom. The normalized spacial score (nSPS) is 18.2. The number of aryl methyl sites for hydroxylation is 1. The third-order valence-corrected chi connectivity index (χ3v) is 4.18. The number of rotatable bonds is 3. The molecule has 2 aromatic rings. The Labute approximate surface area is 131 Å². The van der Waals surface area contributed by atoms with E-state index < -0.39 is 0 Å². The zero-order valence-corrected chi connectivity index (χ0v) is 12.8. The predicted octanol–water partition coefficient (Wildman–Crippen LogP) is 2.43. The molecule has 1 aromatic carbocycles. The van der Waals surface area contributed by atoms with Gasteiger partial charge in [0.25, 0.3) is 5.91 Å². The van der Waals surface area contributed by atoms with Crippen molar-refractivity contribution in [3.8, 4) is 0 Å². The van der Waals surface area contributed by atoms with E-state index in [1.165, 1.54) is 5.56 Å². The summed E-state index contributed by atoms with van der Waals surface area (Å²) in [6, 6.07) is 11.9. The predicted molar refractivity (Wildman–Crippen MR) is 86.7 cm³/mol. The Balaban J connectivity index is 1.85. The number of hydrogen-bond donors (Lipinski definition) is 1. The van der Waals surface area contributed by atoms with Crippen LogP contribution in [0.4, 0.5) is 0 Å². The summed E-state index contributed by atoms with van der Waals surface area (Å²) in [6.07, 6.45) is 4.59. The van der Waals surface area contributed by atoms with Gasteiger partial charge in [0.15, 0.2) is 0 Å². The lowest BCUT2D eigenvalue weighted by Crippen LogP contribution is -2.48. The molecule has 2 heterocycles. The fourth-order valence-electron chi connectivity index (χ4n) is 2.87. The highest BCUT2D eigenvalue weighted by atomic mass is 16.2. The molecule has 0 bridgehead atoms. The van der Waals surface area contributed by atoms with Crippen molar-refractivity contribution in [2.24, 2.45) is 0 Å². The van der Waals surface area contributed by atoms with Crippen LogP contribution in [0.1, 0.15) is 34.5 Å². The van der Waals surface area contributed by atoms with Gasteiger partial charge in [-0.1, -0.05) is 25.1 Å². The fraction of sp³-hybridized carbons (Fsp3) is 0.333. The first-order chi connectivity index (χ1) is 10.8. The lowest BCUT2D eigenvalue weighted by Gasteiger charge is -2.36. The van der Waals surface area contributed by atoms with Gasteiger partial charge < -0.3 is 10.2 Å². The first kappa shape index (κ1) is 14.7. The van der Waals surface area contributed by atoms with Crippen LogP contribution in [0, 0.1) is 0 Å². The van der Waals surface area contributed by atoms with E-state index in [0.717, 1.165) is 30.6 Å². The van der Waals surface area contributed by atoms with Crippen LogP contribution in [-0.4, -0.2) is 35.4 Å². The summed E-state index contributed by atoms with van der Waals surface area (Å²) < 4.78 is 0. The van der Waals surface area contributed by atoms with Gasteiger partial charge in [-0.05, 0) is 35.7 Å². The molecule has 1 amide bonds. The second kappa shape index (κ2) is 6.71. The van der Waals surface area contributed by atoms with Gasteiger partial charge >= 0.3 is 0 Å². The molecule has 1 N–H and O–H groups in total. The number of piperazine rings is 1. The van der Waals surface area contributed by atoms with Crippen molar-refractivity contribution < 1.29 is 4.79 Å². The van der Waals surface area contributed by atoms with Crippen LogP contribution < -0.4 is 5.32 Å². The summed E-state index contributed by atoms with van der Waals surface area (Å²) in [4.78, 5) is 19.0. The van der Waals surface area contributed by atoms with E-state index in [0.29, 0.717) is 6.54 Å². The maximum absolute atomic E-state index is 12.9. The molecule has 1 aliphatic heterocycles. The SMILES string of the molecule is CCc1ccc(C(=O)N2CCNCC2c2cccnc2)cc1. The zero-order chi connectivity index (χ0) is 15.4. The van der Waals surface area contributed by atoms with Crippen LogP contribution in [0.25, 0.3) is 0 Å². The summed E-state index contributed by atoms with van der Waals surface area (Å²) in [5, 5.41) is 3.37. The van der Waals surface area contributed by atoms with E-state index in [-0.39, 0.29) is 11.9 Å². The van der Waals surface area contributed by atoms with Crippen molar-refractivity contribution in [1.29, 1.82) is 0 Å². The number of amides is 1. The average molecular weight is 295 g/mol. The highest BCUT2D eigenvalue weighted by Gasteiger charge is 2.28. The molecule has 1 saturated heterocycles. The molecule has 3 rings (SSSR count). The Kier molecular flexibility index (Phi) is 4.49. The van der Waals surface area contributed by atoms with Crippen molar-refractivity contribution >= 4 is 5.91 Å². The van der Waals surface area contributed by atoms with Gasteiger partial charge in [-0.3, -0.25) is 9.78 Å². The van der Waals surface area contributed by atoms with Crippen LogP contribution >= 0.6 is 0 Å². The summed E-state index contributed by atoms with van der Waals surface area (Å²) in [5.41, 5.74) is 3.09. The van der Waals surface area contributed by atoms with Crippen molar-refractivity contribution in [2.45, 2.75) is 19.4 Å². The number of aromatic nitrogens is 1. The molecule has 4 nitrogen and oxygen atoms in total. The average Bonchev–Trinajstić information content (AvgIpc) is 2.62. The second-order valence-corrected chi connectivity index (χ2v) is 5.56. The summed E-state index contributed by atoms with van der Waals surface area (Å²) in [5.74, 6) is 0.0954. The van der Waals surface area contributed by atoms with Crippen molar-refractivity contribution in [3.63, 3.8) is 0 Å². The second-order valence-electron chi connectivity index (χ2n) is 5.56. The third kappa shape index (κ3) is 3.02.